The number of nitriles is 1. The Hall–Kier alpha value is -1.08. The van der Waals surface area contributed by atoms with Gasteiger partial charge in [-0.05, 0) is 34.7 Å². The van der Waals surface area contributed by atoms with Crippen LogP contribution < -0.4 is 5.32 Å². The van der Waals surface area contributed by atoms with Gasteiger partial charge >= 0.3 is 0 Å². The molecule has 0 aliphatic heterocycles. The van der Waals surface area contributed by atoms with Crippen LogP contribution in [0.4, 0.5) is 0 Å². The van der Waals surface area contributed by atoms with Crippen LogP contribution in [0.25, 0.3) is 0 Å². The van der Waals surface area contributed by atoms with Crippen LogP contribution in [0, 0.1) is 17.2 Å². The van der Waals surface area contributed by atoms with Gasteiger partial charge in [-0.25, -0.2) is 0 Å². The highest BCUT2D eigenvalue weighted by Gasteiger charge is 2.30. The van der Waals surface area contributed by atoms with Crippen LogP contribution in [0.2, 0.25) is 0 Å². The molecule has 0 saturated carbocycles. The van der Waals surface area contributed by atoms with E-state index in [1.165, 1.54) is 0 Å². The van der Waals surface area contributed by atoms with Crippen molar-refractivity contribution in [3.8, 4) is 6.07 Å². The minimum atomic E-state index is -0.564. The molecule has 0 aromatic carbocycles. The normalized spacial score (nSPS) is 13.1. The van der Waals surface area contributed by atoms with Gasteiger partial charge in [0.25, 0.3) is 0 Å². The summed E-state index contributed by atoms with van der Waals surface area (Å²) in [5.41, 5.74) is -0.564. The van der Waals surface area contributed by atoms with Crippen LogP contribution in [0.15, 0.2) is 0 Å². The van der Waals surface area contributed by atoms with Crippen molar-refractivity contribution in [1.29, 1.82) is 5.26 Å². The Bertz CT molecular complexity index is 255. The summed E-state index contributed by atoms with van der Waals surface area (Å²) in [6, 6.07) is 2.14. The highest BCUT2D eigenvalue weighted by Crippen LogP contribution is 2.09. The van der Waals surface area contributed by atoms with E-state index in [1.807, 2.05) is 27.7 Å². The van der Waals surface area contributed by atoms with Gasteiger partial charge in [0, 0.05) is 13.1 Å². The number of nitrogens with zero attached hydrogens (tertiary/aromatic N) is 2. The molecular weight excluding hydrogens is 190 g/mol. The lowest BCUT2D eigenvalue weighted by atomic mass is 10.0. The minimum absolute atomic E-state index is 0.0367. The summed E-state index contributed by atoms with van der Waals surface area (Å²) in [5, 5.41) is 11.7. The summed E-state index contributed by atoms with van der Waals surface area (Å²) in [5.74, 6) is -0.0869. The molecule has 15 heavy (non-hydrogen) atoms. The van der Waals surface area contributed by atoms with Crippen LogP contribution >= 0.6 is 0 Å². The van der Waals surface area contributed by atoms with Crippen molar-refractivity contribution in [2.24, 2.45) is 5.92 Å². The van der Waals surface area contributed by atoms with Gasteiger partial charge in [-0.15, -0.1) is 0 Å². The second-order valence-corrected chi connectivity index (χ2v) is 4.25. The summed E-state index contributed by atoms with van der Waals surface area (Å²) >= 11 is 0. The maximum absolute atomic E-state index is 12.0. The number of hydrogen-bond donors (Lipinski definition) is 1. The fourth-order valence-electron chi connectivity index (χ4n) is 1.23. The molecule has 1 unspecified atom stereocenters. The Morgan fingerprint density at radius 2 is 2.13 bits per heavy atom. The molecule has 0 radical (unpaired) electrons. The summed E-state index contributed by atoms with van der Waals surface area (Å²) in [7, 11) is 1.76. The third-order valence-corrected chi connectivity index (χ3v) is 2.54. The van der Waals surface area contributed by atoms with Crippen LogP contribution in [-0.4, -0.2) is 36.5 Å². The summed E-state index contributed by atoms with van der Waals surface area (Å²) < 4.78 is 0. The standard InChI is InChI=1S/C11H21N3O/c1-6-14(8-9(2)7-12)10(15)11(3,4)13-5/h9,13H,6,8H2,1-5H3. The average Bonchev–Trinajstić information content (AvgIpc) is 2.24. The van der Waals surface area contributed by atoms with Crippen molar-refractivity contribution >= 4 is 5.91 Å². The third kappa shape index (κ3) is 3.88. The molecule has 1 N–H and O–H groups in total. The molecule has 0 saturated heterocycles. The summed E-state index contributed by atoms with van der Waals surface area (Å²) in [6.07, 6.45) is 0. The first-order valence-electron chi connectivity index (χ1n) is 5.27. The number of nitrogens with one attached hydrogen (secondary N) is 1. The number of amides is 1. The predicted molar refractivity (Wildman–Crippen MR) is 60.2 cm³/mol. The van der Waals surface area contributed by atoms with E-state index in [2.05, 4.69) is 11.4 Å². The number of rotatable bonds is 5. The Morgan fingerprint density at radius 1 is 1.60 bits per heavy atom. The lowest BCUT2D eigenvalue weighted by molar-refractivity contribution is -0.137. The van der Waals surface area contributed by atoms with Crippen molar-refractivity contribution in [1.82, 2.24) is 10.2 Å². The molecule has 0 heterocycles. The molecule has 0 aliphatic carbocycles. The van der Waals surface area contributed by atoms with Crippen LogP contribution in [0.1, 0.15) is 27.7 Å². The Balaban J connectivity index is 4.56. The lowest BCUT2D eigenvalue weighted by Gasteiger charge is -2.31. The van der Waals surface area contributed by atoms with E-state index in [9.17, 15) is 4.79 Å². The Morgan fingerprint density at radius 3 is 2.47 bits per heavy atom. The molecular formula is C11H21N3O. The zero-order valence-electron chi connectivity index (χ0n) is 10.3. The van der Waals surface area contributed by atoms with Gasteiger partial charge in [-0.1, -0.05) is 0 Å². The molecule has 1 atom stereocenters. The molecule has 86 valence electrons. The molecule has 4 heteroatoms. The van der Waals surface area contributed by atoms with E-state index >= 15 is 0 Å². The van der Waals surface area contributed by atoms with Crippen molar-refractivity contribution < 1.29 is 4.79 Å². The fraction of sp³-hybridized carbons (Fsp3) is 0.818. The zero-order chi connectivity index (χ0) is 12.1. The molecule has 0 aromatic heterocycles. The van der Waals surface area contributed by atoms with Crippen molar-refractivity contribution in [3.63, 3.8) is 0 Å². The van der Waals surface area contributed by atoms with Crippen LogP contribution in [-0.2, 0) is 4.79 Å². The molecule has 0 rings (SSSR count). The maximum atomic E-state index is 12.0. The zero-order valence-corrected chi connectivity index (χ0v) is 10.3. The molecule has 0 aromatic rings. The monoisotopic (exact) mass is 211 g/mol. The predicted octanol–water partition coefficient (Wildman–Crippen LogP) is 0.993. The van der Waals surface area contributed by atoms with Crippen molar-refractivity contribution in [2.45, 2.75) is 33.2 Å². The number of carbonyl (C=O) groups is 1. The van der Waals surface area contributed by atoms with Gasteiger partial charge in [-0.2, -0.15) is 5.26 Å². The molecule has 0 bridgehead atoms. The van der Waals surface area contributed by atoms with Crippen molar-refractivity contribution in [3.05, 3.63) is 0 Å². The van der Waals surface area contributed by atoms with E-state index in [1.54, 1.807) is 11.9 Å². The van der Waals surface area contributed by atoms with E-state index < -0.39 is 5.54 Å². The SMILES string of the molecule is CCN(CC(C)C#N)C(=O)C(C)(C)NC. The molecule has 0 spiro atoms. The summed E-state index contributed by atoms with van der Waals surface area (Å²) in [4.78, 5) is 13.7. The van der Waals surface area contributed by atoms with E-state index in [4.69, 9.17) is 5.26 Å². The van der Waals surface area contributed by atoms with Crippen LogP contribution in [0.5, 0.6) is 0 Å². The van der Waals surface area contributed by atoms with E-state index in [0.29, 0.717) is 13.1 Å². The quantitative estimate of drug-likeness (QED) is 0.738. The first kappa shape index (κ1) is 13.9. The largest absolute Gasteiger partial charge is 0.340 e. The lowest BCUT2D eigenvalue weighted by Crippen LogP contribution is -2.53. The second-order valence-electron chi connectivity index (χ2n) is 4.25. The molecule has 1 amide bonds. The van der Waals surface area contributed by atoms with Gasteiger partial charge < -0.3 is 10.2 Å². The third-order valence-electron chi connectivity index (χ3n) is 2.54. The van der Waals surface area contributed by atoms with Gasteiger partial charge in [0.15, 0.2) is 0 Å². The van der Waals surface area contributed by atoms with Gasteiger partial charge in [0.05, 0.1) is 17.5 Å². The van der Waals surface area contributed by atoms with E-state index in [0.717, 1.165) is 0 Å². The van der Waals surface area contributed by atoms with Gasteiger partial charge in [0.1, 0.15) is 0 Å². The number of likely N-dealkylation sites (N-methyl/N-ethyl adjacent to an activating group) is 2. The number of carbonyl (C=O) groups excluding carboxylic acids is 1. The first-order valence-corrected chi connectivity index (χ1v) is 5.27. The van der Waals surface area contributed by atoms with E-state index in [-0.39, 0.29) is 11.8 Å². The molecule has 0 fully saturated rings. The minimum Gasteiger partial charge on any atom is -0.340 e. The first-order chi connectivity index (χ1) is 6.88. The number of hydrogen-bond acceptors (Lipinski definition) is 3. The Kier molecular flexibility index (Phi) is 5.31. The fourth-order valence-corrected chi connectivity index (χ4v) is 1.23. The van der Waals surface area contributed by atoms with Gasteiger partial charge in [-0.3, -0.25) is 4.79 Å². The van der Waals surface area contributed by atoms with Crippen LogP contribution in [0.3, 0.4) is 0 Å². The highest BCUT2D eigenvalue weighted by molar-refractivity contribution is 5.85. The molecule has 4 nitrogen and oxygen atoms in total. The maximum Gasteiger partial charge on any atom is 0.242 e. The molecule has 0 aliphatic rings. The summed E-state index contributed by atoms with van der Waals surface area (Å²) in [6.45, 7) is 8.56. The van der Waals surface area contributed by atoms with Gasteiger partial charge in [0.2, 0.25) is 5.91 Å². The topological polar surface area (TPSA) is 56.1 Å². The average molecular weight is 211 g/mol. The Labute approximate surface area is 92.3 Å². The smallest absolute Gasteiger partial charge is 0.242 e. The van der Waals surface area contributed by atoms with Crippen molar-refractivity contribution in [2.75, 3.05) is 20.1 Å². The second kappa shape index (κ2) is 5.72. The highest BCUT2D eigenvalue weighted by atomic mass is 16.2.